The summed E-state index contributed by atoms with van der Waals surface area (Å²) >= 11 is 5.98. The standard InChI is InChI=1S/C14H18ClN3O/c1-9(2)18-14(16-3)8-12(17-18)11-6-5-10(15)7-13(11)19-4/h5-9,16H,1-4H3. The normalized spacial score (nSPS) is 10.8. The largest absolute Gasteiger partial charge is 0.496 e. The number of methoxy groups -OCH3 is 1. The molecule has 0 radical (unpaired) electrons. The molecule has 1 aromatic carbocycles. The molecule has 1 N–H and O–H groups in total. The lowest BCUT2D eigenvalue weighted by molar-refractivity contribution is 0.416. The molecule has 0 aliphatic heterocycles. The third kappa shape index (κ3) is 2.68. The lowest BCUT2D eigenvalue weighted by Gasteiger charge is -2.09. The average molecular weight is 280 g/mol. The third-order valence-electron chi connectivity index (χ3n) is 2.92. The van der Waals surface area contributed by atoms with Crippen LogP contribution in [0, 0.1) is 0 Å². The quantitative estimate of drug-likeness (QED) is 0.924. The van der Waals surface area contributed by atoms with Crippen molar-refractivity contribution in [2.75, 3.05) is 19.5 Å². The van der Waals surface area contributed by atoms with Crippen molar-refractivity contribution >= 4 is 17.4 Å². The average Bonchev–Trinajstić information content (AvgIpc) is 2.82. The summed E-state index contributed by atoms with van der Waals surface area (Å²) in [5, 5.41) is 8.42. The highest BCUT2D eigenvalue weighted by atomic mass is 35.5. The smallest absolute Gasteiger partial charge is 0.129 e. The zero-order valence-corrected chi connectivity index (χ0v) is 12.3. The highest BCUT2D eigenvalue weighted by Crippen LogP contribution is 2.33. The first-order chi connectivity index (χ1) is 9.06. The second-order valence-corrected chi connectivity index (χ2v) is 4.98. The highest BCUT2D eigenvalue weighted by molar-refractivity contribution is 6.30. The number of nitrogens with one attached hydrogen (secondary N) is 1. The number of benzene rings is 1. The van der Waals surface area contributed by atoms with Crippen LogP contribution >= 0.6 is 11.6 Å². The molecule has 0 amide bonds. The van der Waals surface area contributed by atoms with Crippen molar-refractivity contribution in [1.82, 2.24) is 9.78 Å². The molecule has 0 fully saturated rings. The monoisotopic (exact) mass is 279 g/mol. The molecule has 1 aromatic heterocycles. The van der Waals surface area contributed by atoms with Gasteiger partial charge in [-0.25, -0.2) is 4.68 Å². The molecule has 4 nitrogen and oxygen atoms in total. The molecular weight excluding hydrogens is 262 g/mol. The minimum absolute atomic E-state index is 0.287. The Labute approximate surface area is 118 Å². The number of halogens is 1. The van der Waals surface area contributed by atoms with Crippen LogP contribution in [0.25, 0.3) is 11.3 Å². The molecule has 5 heteroatoms. The van der Waals surface area contributed by atoms with Gasteiger partial charge in [-0.2, -0.15) is 5.10 Å². The SMILES string of the molecule is CNc1cc(-c2ccc(Cl)cc2OC)nn1C(C)C. The van der Waals surface area contributed by atoms with Crippen molar-refractivity contribution in [3.05, 3.63) is 29.3 Å². The first-order valence-corrected chi connectivity index (χ1v) is 6.55. The van der Waals surface area contributed by atoms with Crippen LogP contribution in [-0.2, 0) is 0 Å². The molecule has 2 rings (SSSR count). The van der Waals surface area contributed by atoms with Gasteiger partial charge in [0.05, 0.1) is 12.8 Å². The maximum Gasteiger partial charge on any atom is 0.129 e. The number of anilines is 1. The molecule has 0 saturated heterocycles. The first-order valence-electron chi connectivity index (χ1n) is 6.18. The van der Waals surface area contributed by atoms with E-state index < -0.39 is 0 Å². The van der Waals surface area contributed by atoms with E-state index in [2.05, 4.69) is 24.3 Å². The van der Waals surface area contributed by atoms with E-state index in [4.69, 9.17) is 16.3 Å². The Hall–Kier alpha value is -1.68. The van der Waals surface area contributed by atoms with Gasteiger partial charge in [0.1, 0.15) is 11.6 Å². The predicted molar refractivity (Wildman–Crippen MR) is 79.2 cm³/mol. The number of rotatable bonds is 4. The first kappa shape index (κ1) is 13.7. The van der Waals surface area contributed by atoms with Crippen LogP contribution in [0.3, 0.4) is 0 Å². The zero-order valence-electron chi connectivity index (χ0n) is 11.6. The van der Waals surface area contributed by atoms with Crippen molar-refractivity contribution in [3.63, 3.8) is 0 Å². The second kappa shape index (κ2) is 5.53. The Morgan fingerprint density at radius 2 is 2.05 bits per heavy atom. The fourth-order valence-corrected chi connectivity index (χ4v) is 2.15. The molecule has 102 valence electrons. The molecule has 1 heterocycles. The van der Waals surface area contributed by atoms with Crippen LogP contribution in [0.1, 0.15) is 19.9 Å². The maximum absolute atomic E-state index is 5.98. The second-order valence-electron chi connectivity index (χ2n) is 4.55. The lowest BCUT2D eigenvalue weighted by Crippen LogP contribution is -2.06. The van der Waals surface area contributed by atoms with Crippen molar-refractivity contribution in [1.29, 1.82) is 0 Å². The summed E-state index contributed by atoms with van der Waals surface area (Å²) in [5.74, 6) is 1.70. The van der Waals surface area contributed by atoms with Gasteiger partial charge in [-0.05, 0) is 32.0 Å². The van der Waals surface area contributed by atoms with E-state index in [0.29, 0.717) is 5.02 Å². The van der Waals surface area contributed by atoms with Gasteiger partial charge in [0.25, 0.3) is 0 Å². The van der Waals surface area contributed by atoms with E-state index in [1.165, 1.54) is 0 Å². The summed E-state index contributed by atoms with van der Waals surface area (Å²) in [7, 11) is 3.52. The Balaban J connectivity index is 2.53. The van der Waals surface area contributed by atoms with E-state index in [0.717, 1.165) is 22.8 Å². The Morgan fingerprint density at radius 3 is 2.58 bits per heavy atom. The highest BCUT2D eigenvalue weighted by Gasteiger charge is 2.14. The number of hydrogen-bond donors (Lipinski definition) is 1. The third-order valence-corrected chi connectivity index (χ3v) is 3.16. The fourth-order valence-electron chi connectivity index (χ4n) is 1.98. The molecule has 2 aromatic rings. The van der Waals surface area contributed by atoms with E-state index in [1.807, 2.05) is 29.9 Å². The van der Waals surface area contributed by atoms with Crippen LogP contribution in [0.15, 0.2) is 24.3 Å². The summed E-state index contributed by atoms with van der Waals surface area (Å²) < 4.78 is 7.32. The van der Waals surface area contributed by atoms with Gasteiger partial charge in [0, 0.05) is 29.7 Å². The van der Waals surface area contributed by atoms with E-state index in [1.54, 1.807) is 13.2 Å². The summed E-state index contributed by atoms with van der Waals surface area (Å²) in [5.41, 5.74) is 1.80. The fraction of sp³-hybridized carbons (Fsp3) is 0.357. The van der Waals surface area contributed by atoms with Crippen LogP contribution in [-0.4, -0.2) is 23.9 Å². The van der Waals surface area contributed by atoms with E-state index >= 15 is 0 Å². The Bertz CT molecular complexity index is 578. The topological polar surface area (TPSA) is 39.1 Å². The minimum atomic E-state index is 0.287. The summed E-state index contributed by atoms with van der Waals surface area (Å²) in [6, 6.07) is 7.85. The predicted octanol–water partition coefficient (Wildman–Crippen LogP) is 3.83. The van der Waals surface area contributed by atoms with Gasteiger partial charge < -0.3 is 10.1 Å². The molecule has 0 bridgehead atoms. The maximum atomic E-state index is 5.98. The number of nitrogens with zero attached hydrogens (tertiary/aromatic N) is 2. The van der Waals surface area contributed by atoms with Crippen LogP contribution in [0.5, 0.6) is 5.75 Å². The van der Waals surface area contributed by atoms with Crippen LogP contribution in [0.4, 0.5) is 5.82 Å². The van der Waals surface area contributed by atoms with Gasteiger partial charge in [-0.1, -0.05) is 11.6 Å². The molecule has 0 atom stereocenters. The number of aromatic nitrogens is 2. The minimum Gasteiger partial charge on any atom is -0.496 e. The molecule has 0 aliphatic carbocycles. The summed E-state index contributed by atoms with van der Waals surface area (Å²) in [6.07, 6.45) is 0. The van der Waals surface area contributed by atoms with Crippen LogP contribution < -0.4 is 10.1 Å². The van der Waals surface area contributed by atoms with Gasteiger partial charge in [0.2, 0.25) is 0 Å². The van der Waals surface area contributed by atoms with Gasteiger partial charge in [-0.15, -0.1) is 0 Å². The molecule has 0 spiro atoms. The number of ether oxygens (including phenoxy) is 1. The Morgan fingerprint density at radius 1 is 1.32 bits per heavy atom. The van der Waals surface area contributed by atoms with Crippen molar-refractivity contribution in [2.45, 2.75) is 19.9 Å². The van der Waals surface area contributed by atoms with Gasteiger partial charge >= 0.3 is 0 Å². The van der Waals surface area contributed by atoms with Gasteiger partial charge in [-0.3, -0.25) is 0 Å². The van der Waals surface area contributed by atoms with Crippen molar-refractivity contribution in [3.8, 4) is 17.0 Å². The van der Waals surface area contributed by atoms with E-state index in [9.17, 15) is 0 Å². The molecule has 0 unspecified atom stereocenters. The van der Waals surface area contributed by atoms with E-state index in [-0.39, 0.29) is 6.04 Å². The van der Waals surface area contributed by atoms with Crippen LogP contribution in [0.2, 0.25) is 5.02 Å². The number of hydrogen-bond acceptors (Lipinski definition) is 3. The van der Waals surface area contributed by atoms with Crippen molar-refractivity contribution in [2.24, 2.45) is 0 Å². The zero-order chi connectivity index (χ0) is 14.0. The summed E-state index contributed by atoms with van der Waals surface area (Å²) in [6.45, 7) is 4.19. The molecular formula is C14H18ClN3O. The Kier molecular flexibility index (Phi) is 4.00. The molecule has 0 aliphatic rings. The summed E-state index contributed by atoms with van der Waals surface area (Å²) in [4.78, 5) is 0. The molecule has 0 saturated carbocycles. The lowest BCUT2D eigenvalue weighted by atomic mass is 10.1. The van der Waals surface area contributed by atoms with Crippen molar-refractivity contribution < 1.29 is 4.74 Å². The van der Waals surface area contributed by atoms with Gasteiger partial charge in [0.15, 0.2) is 0 Å². The molecule has 19 heavy (non-hydrogen) atoms.